The Bertz CT molecular complexity index is 455. The highest BCUT2D eigenvalue weighted by Crippen LogP contribution is 2.42. The second-order valence-electron chi connectivity index (χ2n) is 4.59. The molecule has 98 valence electrons. The first kappa shape index (κ1) is 13.6. The van der Waals surface area contributed by atoms with Gasteiger partial charge in [0.25, 0.3) is 0 Å². The van der Waals surface area contributed by atoms with Gasteiger partial charge in [-0.1, -0.05) is 18.0 Å². The summed E-state index contributed by atoms with van der Waals surface area (Å²) in [6.45, 7) is 0.900. The van der Waals surface area contributed by atoms with E-state index < -0.39 is 5.97 Å². The van der Waals surface area contributed by atoms with Crippen LogP contribution in [0.5, 0.6) is 0 Å². The molecule has 1 saturated carbocycles. The molecule has 0 bridgehead atoms. The van der Waals surface area contributed by atoms with Crippen LogP contribution < -0.4 is 5.32 Å². The van der Waals surface area contributed by atoms with Gasteiger partial charge < -0.3 is 10.4 Å². The zero-order valence-corrected chi connectivity index (χ0v) is 11.8. The molecule has 0 heterocycles. The molecule has 1 aliphatic carbocycles. The Labute approximate surface area is 116 Å². The standard InChI is InChI=1S/C13H16ClNO2S/c1-18-13(5-2-6-13)8-15-9-3-4-10(12(16)17)11(14)7-9/h3-4,7,15H,2,5-6,8H2,1H3,(H,16,17). The van der Waals surface area contributed by atoms with Crippen LogP contribution in [0.4, 0.5) is 5.69 Å². The van der Waals surface area contributed by atoms with Crippen LogP contribution in [0.2, 0.25) is 5.02 Å². The number of benzene rings is 1. The number of carbonyl (C=O) groups is 1. The van der Waals surface area contributed by atoms with Crippen LogP contribution in [0.3, 0.4) is 0 Å². The number of halogens is 1. The second-order valence-corrected chi connectivity index (χ2v) is 6.28. The number of aromatic carboxylic acids is 1. The highest BCUT2D eigenvalue weighted by atomic mass is 35.5. The molecule has 1 aromatic carbocycles. The predicted octanol–water partition coefficient (Wildman–Crippen LogP) is 3.74. The number of carboxylic acids is 1. The minimum absolute atomic E-state index is 0.144. The maximum Gasteiger partial charge on any atom is 0.337 e. The van der Waals surface area contributed by atoms with E-state index >= 15 is 0 Å². The van der Waals surface area contributed by atoms with Crippen molar-refractivity contribution >= 4 is 35.0 Å². The smallest absolute Gasteiger partial charge is 0.337 e. The lowest BCUT2D eigenvalue weighted by Gasteiger charge is -2.40. The van der Waals surface area contributed by atoms with Crippen molar-refractivity contribution in [2.75, 3.05) is 18.1 Å². The van der Waals surface area contributed by atoms with E-state index in [1.807, 2.05) is 11.8 Å². The topological polar surface area (TPSA) is 49.3 Å². The summed E-state index contributed by atoms with van der Waals surface area (Å²) >= 11 is 7.83. The average Bonchev–Trinajstić information content (AvgIpc) is 2.27. The molecule has 0 radical (unpaired) electrons. The first-order valence-corrected chi connectivity index (χ1v) is 7.48. The minimum atomic E-state index is -0.994. The van der Waals surface area contributed by atoms with Crippen molar-refractivity contribution in [2.24, 2.45) is 0 Å². The van der Waals surface area contributed by atoms with Gasteiger partial charge in [-0.05, 0) is 37.3 Å². The molecule has 3 nitrogen and oxygen atoms in total. The lowest BCUT2D eigenvalue weighted by Crippen LogP contribution is -2.40. The van der Waals surface area contributed by atoms with E-state index in [-0.39, 0.29) is 10.6 Å². The highest BCUT2D eigenvalue weighted by Gasteiger charge is 2.35. The van der Waals surface area contributed by atoms with Gasteiger partial charge in [-0.15, -0.1) is 0 Å². The molecular weight excluding hydrogens is 270 g/mol. The molecule has 0 spiro atoms. The average molecular weight is 286 g/mol. The van der Waals surface area contributed by atoms with Crippen LogP contribution >= 0.6 is 23.4 Å². The summed E-state index contributed by atoms with van der Waals surface area (Å²) in [6.07, 6.45) is 5.91. The lowest BCUT2D eigenvalue weighted by atomic mass is 9.84. The Balaban J connectivity index is 2.02. The van der Waals surface area contributed by atoms with Crippen LogP contribution in [0.1, 0.15) is 29.6 Å². The van der Waals surface area contributed by atoms with Crippen molar-refractivity contribution < 1.29 is 9.90 Å². The third-order valence-electron chi connectivity index (χ3n) is 3.51. The number of carboxylic acid groups (broad SMARTS) is 1. The highest BCUT2D eigenvalue weighted by molar-refractivity contribution is 8.00. The van der Waals surface area contributed by atoms with Gasteiger partial charge in [0, 0.05) is 17.0 Å². The number of hydrogen-bond donors (Lipinski definition) is 2. The molecule has 1 aliphatic rings. The number of nitrogens with one attached hydrogen (secondary N) is 1. The normalized spacial score (nSPS) is 17.0. The van der Waals surface area contributed by atoms with Crippen molar-refractivity contribution in [3.63, 3.8) is 0 Å². The first-order valence-electron chi connectivity index (χ1n) is 5.88. The first-order chi connectivity index (χ1) is 8.56. The number of thioether (sulfide) groups is 1. The minimum Gasteiger partial charge on any atom is -0.478 e. The summed E-state index contributed by atoms with van der Waals surface area (Å²) in [4.78, 5) is 10.8. The fraction of sp³-hybridized carbons (Fsp3) is 0.462. The predicted molar refractivity (Wildman–Crippen MR) is 77.0 cm³/mol. The molecule has 0 atom stereocenters. The molecular formula is C13H16ClNO2S. The summed E-state index contributed by atoms with van der Waals surface area (Å²) in [5, 5.41) is 12.5. The van der Waals surface area contributed by atoms with E-state index in [4.69, 9.17) is 16.7 Å². The molecule has 2 N–H and O–H groups in total. The maximum absolute atomic E-state index is 10.8. The van der Waals surface area contributed by atoms with Gasteiger partial charge in [-0.25, -0.2) is 4.79 Å². The van der Waals surface area contributed by atoms with Crippen molar-refractivity contribution in [2.45, 2.75) is 24.0 Å². The third kappa shape index (κ3) is 2.75. The van der Waals surface area contributed by atoms with Crippen LogP contribution in [-0.2, 0) is 0 Å². The van der Waals surface area contributed by atoms with Crippen molar-refractivity contribution in [1.29, 1.82) is 0 Å². The quantitative estimate of drug-likeness (QED) is 0.865. The Morgan fingerprint density at radius 2 is 2.28 bits per heavy atom. The fourth-order valence-corrected chi connectivity index (χ4v) is 3.26. The van der Waals surface area contributed by atoms with Gasteiger partial charge in [-0.3, -0.25) is 0 Å². The molecule has 2 rings (SSSR count). The van der Waals surface area contributed by atoms with Gasteiger partial charge in [0.05, 0.1) is 10.6 Å². The molecule has 0 saturated heterocycles. The van der Waals surface area contributed by atoms with Gasteiger partial charge >= 0.3 is 5.97 Å². The molecule has 1 aromatic rings. The van der Waals surface area contributed by atoms with Crippen LogP contribution in [0, 0.1) is 0 Å². The Kier molecular flexibility index (Phi) is 4.07. The van der Waals surface area contributed by atoms with Gasteiger partial charge in [0.1, 0.15) is 0 Å². The van der Waals surface area contributed by atoms with Gasteiger partial charge in [0.2, 0.25) is 0 Å². The van der Waals surface area contributed by atoms with Gasteiger partial charge in [-0.2, -0.15) is 11.8 Å². The maximum atomic E-state index is 10.8. The van der Waals surface area contributed by atoms with Crippen LogP contribution in [0.25, 0.3) is 0 Å². The lowest BCUT2D eigenvalue weighted by molar-refractivity contribution is 0.0697. The molecule has 0 aliphatic heterocycles. The van der Waals surface area contributed by atoms with Crippen molar-refractivity contribution in [3.8, 4) is 0 Å². The molecule has 0 amide bonds. The van der Waals surface area contributed by atoms with Crippen molar-refractivity contribution in [1.82, 2.24) is 0 Å². The monoisotopic (exact) mass is 285 g/mol. The second kappa shape index (κ2) is 5.41. The summed E-state index contributed by atoms with van der Waals surface area (Å²) in [6, 6.07) is 4.99. The Morgan fingerprint density at radius 3 is 2.72 bits per heavy atom. The van der Waals surface area contributed by atoms with E-state index in [9.17, 15) is 4.79 Å². The van der Waals surface area contributed by atoms with E-state index in [0.29, 0.717) is 4.75 Å². The molecule has 18 heavy (non-hydrogen) atoms. The fourth-order valence-electron chi connectivity index (χ4n) is 2.09. The largest absolute Gasteiger partial charge is 0.478 e. The van der Waals surface area contributed by atoms with E-state index in [2.05, 4.69) is 11.6 Å². The molecule has 1 fully saturated rings. The summed E-state index contributed by atoms with van der Waals surface area (Å²) in [5.41, 5.74) is 1.02. The zero-order chi connectivity index (χ0) is 13.2. The third-order valence-corrected chi connectivity index (χ3v) is 5.24. The Morgan fingerprint density at radius 1 is 1.56 bits per heavy atom. The molecule has 0 unspecified atom stereocenters. The SMILES string of the molecule is CSC1(CNc2ccc(C(=O)O)c(Cl)c2)CCC1. The van der Waals surface area contributed by atoms with E-state index in [1.54, 1.807) is 18.2 Å². The van der Waals surface area contributed by atoms with Crippen LogP contribution in [0.15, 0.2) is 18.2 Å². The Hall–Kier alpha value is -0.870. The van der Waals surface area contributed by atoms with Gasteiger partial charge in [0.15, 0.2) is 0 Å². The molecule has 5 heteroatoms. The molecule has 0 aromatic heterocycles. The zero-order valence-electron chi connectivity index (χ0n) is 10.2. The summed E-state index contributed by atoms with van der Waals surface area (Å²) in [7, 11) is 0. The number of rotatable bonds is 5. The van der Waals surface area contributed by atoms with E-state index in [1.165, 1.54) is 19.3 Å². The summed E-state index contributed by atoms with van der Waals surface area (Å²) < 4.78 is 0.345. The van der Waals surface area contributed by atoms with Crippen molar-refractivity contribution in [3.05, 3.63) is 28.8 Å². The number of anilines is 1. The summed E-state index contributed by atoms with van der Waals surface area (Å²) in [5.74, 6) is -0.994. The van der Waals surface area contributed by atoms with Crippen LogP contribution in [-0.4, -0.2) is 28.6 Å². The number of hydrogen-bond acceptors (Lipinski definition) is 3. The van der Waals surface area contributed by atoms with E-state index in [0.717, 1.165) is 12.2 Å².